The van der Waals surface area contributed by atoms with Crippen LogP contribution in [0.1, 0.15) is 22.5 Å². The van der Waals surface area contributed by atoms with E-state index < -0.39 is 11.8 Å². The number of anilines is 3. The number of carbonyl (C=O) groups excluding carboxylic acids is 3. The van der Waals surface area contributed by atoms with Gasteiger partial charge in [-0.05, 0) is 49.2 Å². The number of nitrogens with zero attached hydrogens (tertiary/aromatic N) is 4. The zero-order chi connectivity index (χ0) is 27.8. The van der Waals surface area contributed by atoms with Crippen molar-refractivity contribution in [3.8, 4) is 11.5 Å². The number of benzene rings is 1. The van der Waals surface area contributed by atoms with Gasteiger partial charge in [0.05, 0.1) is 23.0 Å². The van der Waals surface area contributed by atoms with E-state index in [2.05, 4.69) is 27.2 Å². The van der Waals surface area contributed by atoms with Crippen LogP contribution in [0.25, 0.3) is 10.2 Å². The van der Waals surface area contributed by atoms with Crippen molar-refractivity contribution in [2.75, 3.05) is 23.3 Å². The Balaban J connectivity index is 1.26. The van der Waals surface area contributed by atoms with E-state index in [1.807, 2.05) is 0 Å². The Labute approximate surface area is 232 Å². The van der Waals surface area contributed by atoms with Gasteiger partial charge < -0.3 is 20.3 Å². The summed E-state index contributed by atoms with van der Waals surface area (Å²) in [5.74, 6) is -0.344. The fraction of sp³-hybridized carbons (Fsp3) is 0.179. The number of para-hydroxylation sites is 1. The average Bonchev–Trinajstić information content (AvgIpc) is 3.34. The number of pyridine rings is 2. The van der Waals surface area contributed by atoms with Crippen molar-refractivity contribution in [3.05, 3.63) is 78.2 Å². The van der Waals surface area contributed by atoms with Gasteiger partial charge in [0.15, 0.2) is 11.6 Å². The zero-order valence-electron chi connectivity index (χ0n) is 21.1. The molecule has 0 spiro atoms. The first-order chi connectivity index (χ1) is 19.4. The Morgan fingerprint density at radius 3 is 2.83 bits per heavy atom. The third kappa shape index (κ3) is 4.62. The monoisotopic (exact) mass is 558 g/mol. The van der Waals surface area contributed by atoms with Gasteiger partial charge in [0.2, 0.25) is 5.91 Å². The summed E-state index contributed by atoms with van der Waals surface area (Å²) >= 11 is 1.18. The minimum atomic E-state index is -0.503. The maximum absolute atomic E-state index is 14.0. The highest BCUT2D eigenvalue weighted by atomic mass is 32.1. The van der Waals surface area contributed by atoms with Gasteiger partial charge in [-0.15, -0.1) is 11.3 Å². The molecule has 4 amide bonds. The second-order valence-electron chi connectivity index (χ2n) is 9.27. The van der Waals surface area contributed by atoms with E-state index in [0.717, 1.165) is 12.8 Å². The Kier molecular flexibility index (Phi) is 6.60. The highest BCUT2D eigenvalue weighted by molar-refractivity contribution is 7.21. The predicted octanol–water partition coefficient (Wildman–Crippen LogP) is 5.21. The number of hydrogen-bond acceptors (Lipinski definition) is 7. The van der Waals surface area contributed by atoms with Crippen molar-refractivity contribution < 1.29 is 23.5 Å². The van der Waals surface area contributed by atoms with Crippen LogP contribution < -0.4 is 20.3 Å². The molecule has 12 heteroatoms. The number of urea groups is 1. The summed E-state index contributed by atoms with van der Waals surface area (Å²) in [5.41, 5.74) is 0.908. The third-order valence-corrected chi connectivity index (χ3v) is 7.81. The van der Waals surface area contributed by atoms with Gasteiger partial charge in [0.25, 0.3) is 5.91 Å². The Hall–Kier alpha value is -4.84. The van der Waals surface area contributed by atoms with E-state index in [4.69, 9.17) is 4.74 Å². The third-order valence-electron chi connectivity index (χ3n) is 6.71. The molecule has 2 aliphatic heterocycles. The van der Waals surface area contributed by atoms with Crippen LogP contribution in [0.15, 0.2) is 67.5 Å². The molecule has 1 saturated heterocycles. The molecule has 4 aromatic rings. The fourth-order valence-electron chi connectivity index (χ4n) is 4.87. The van der Waals surface area contributed by atoms with Gasteiger partial charge in [0, 0.05) is 25.3 Å². The fourth-order valence-corrected chi connectivity index (χ4v) is 5.89. The van der Waals surface area contributed by atoms with Gasteiger partial charge in [-0.1, -0.05) is 18.7 Å². The molecule has 2 aliphatic rings. The van der Waals surface area contributed by atoms with E-state index in [1.54, 1.807) is 41.4 Å². The van der Waals surface area contributed by atoms with Crippen molar-refractivity contribution in [3.63, 3.8) is 0 Å². The first-order valence-electron chi connectivity index (χ1n) is 12.6. The maximum Gasteiger partial charge on any atom is 0.332 e. The molecule has 2 N–H and O–H groups in total. The molecule has 5 heterocycles. The summed E-state index contributed by atoms with van der Waals surface area (Å²) < 4.78 is 19.5. The van der Waals surface area contributed by atoms with Gasteiger partial charge in [0.1, 0.15) is 21.3 Å². The van der Waals surface area contributed by atoms with Crippen molar-refractivity contribution in [2.45, 2.75) is 18.9 Å². The largest absolute Gasteiger partial charge is 0.453 e. The number of thiophene rings is 1. The summed E-state index contributed by atoms with van der Waals surface area (Å²) in [6.07, 6.45) is 5.74. The molecule has 202 valence electrons. The number of piperidine rings is 1. The smallest absolute Gasteiger partial charge is 0.332 e. The molecule has 1 unspecified atom stereocenters. The minimum Gasteiger partial charge on any atom is -0.453 e. The molecule has 40 heavy (non-hydrogen) atoms. The normalized spacial score (nSPS) is 16.4. The highest BCUT2D eigenvalue weighted by Crippen LogP contribution is 2.45. The lowest BCUT2D eigenvalue weighted by atomic mass is 10.1. The molecule has 0 aliphatic carbocycles. The van der Waals surface area contributed by atoms with Crippen LogP contribution in [0, 0.1) is 5.82 Å². The molecule has 1 aromatic carbocycles. The molecular weight excluding hydrogens is 535 g/mol. The van der Waals surface area contributed by atoms with Crippen LogP contribution in [0.5, 0.6) is 11.5 Å². The number of likely N-dealkylation sites (tertiary alicyclic amines) is 1. The number of nitrogens with one attached hydrogen (secondary N) is 2. The average molecular weight is 559 g/mol. The summed E-state index contributed by atoms with van der Waals surface area (Å²) in [6.45, 7) is 4.55. The quantitative estimate of drug-likeness (QED) is 0.314. The van der Waals surface area contributed by atoms with E-state index in [-0.39, 0.29) is 23.6 Å². The number of aromatic nitrogens is 2. The lowest BCUT2D eigenvalue weighted by Gasteiger charge is -2.32. The minimum absolute atomic E-state index is 0.0607. The van der Waals surface area contributed by atoms with Crippen LogP contribution >= 0.6 is 11.3 Å². The van der Waals surface area contributed by atoms with Crippen LogP contribution in [-0.4, -0.2) is 51.8 Å². The Bertz CT molecular complexity index is 1660. The molecule has 0 saturated carbocycles. The highest BCUT2D eigenvalue weighted by Gasteiger charge is 2.34. The number of halogens is 1. The predicted molar refractivity (Wildman–Crippen MR) is 149 cm³/mol. The van der Waals surface area contributed by atoms with Gasteiger partial charge in [-0.3, -0.25) is 9.59 Å². The van der Waals surface area contributed by atoms with Crippen molar-refractivity contribution in [2.24, 2.45) is 0 Å². The first-order valence-corrected chi connectivity index (χ1v) is 13.4. The van der Waals surface area contributed by atoms with Crippen LogP contribution in [-0.2, 0) is 4.79 Å². The van der Waals surface area contributed by atoms with E-state index in [1.165, 1.54) is 40.6 Å². The summed E-state index contributed by atoms with van der Waals surface area (Å²) in [4.78, 5) is 51.5. The second-order valence-corrected chi connectivity index (χ2v) is 10.3. The molecule has 10 nitrogen and oxygen atoms in total. The van der Waals surface area contributed by atoms with Crippen LogP contribution in [0.4, 0.5) is 26.4 Å². The molecule has 1 fully saturated rings. The molecule has 1 atom stereocenters. The number of ether oxygens (including phenoxy) is 1. The Morgan fingerprint density at radius 1 is 1.20 bits per heavy atom. The van der Waals surface area contributed by atoms with Crippen molar-refractivity contribution in [1.29, 1.82) is 0 Å². The topological polar surface area (TPSA) is 117 Å². The summed E-state index contributed by atoms with van der Waals surface area (Å²) in [6, 6.07) is 10.2. The van der Waals surface area contributed by atoms with Crippen LogP contribution in [0.3, 0.4) is 0 Å². The molecule has 6 rings (SSSR count). The zero-order valence-corrected chi connectivity index (χ0v) is 21.9. The molecule has 0 bridgehead atoms. The molecular formula is C28H23FN6O4S. The number of amides is 4. The SMILES string of the molecule is C=CC(=O)N1CCCC(NC(=O)c2sc3nccc4c3c2NC(=O)N4c2ccc(Oc3ccccc3F)cn2)C1. The summed E-state index contributed by atoms with van der Waals surface area (Å²) in [5, 5.41) is 6.47. The molecule has 3 aromatic heterocycles. The molecule has 0 radical (unpaired) electrons. The van der Waals surface area contributed by atoms with E-state index in [0.29, 0.717) is 51.1 Å². The van der Waals surface area contributed by atoms with Crippen LogP contribution in [0.2, 0.25) is 0 Å². The maximum atomic E-state index is 14.0. The van der Waals surface area contributed by atoms with E-state index >= 15 is 0 Å². The van der Waals surface area contributed by atoms with E-state index in [9.17, 15) is 18.8 Å². The first kappa shape index (κ1) is 25.4. The number of hydrogen-bond donors (Lipinski definition) is 2. The number of carbonyl (C=O) groups is 3. The lowest BCUT2D eigenvalue weighted by molar-refractivity contribution is -0.127. The Morgan fingerprint density at radius 2 is 2.05 bits per heavy atom. The van der Waals surface area contributed by atoms with Gasteiger partial charge in [-0.25, -0.2) is 24.1 Å². The van der Waals surface area contributed by atoms with Crippen molar-refractivity contribution in [1.82, 2.24) is 20.2 Å². The lowest BCUT2D eigenvalue weighted by Crippen LogP contribution is -2.49. The van der Waals surface area contributed by atoms with Gasteiger partial charge >= 0.3 is 6.03 Å². The number of rotatable bonds is 6. The standard InChI is InChI=1S/C28H23FN6O4S/c1-2-22(36)34-13-5-6-16(15-34)32-26(37)25-24-23-19(11-12-30-27(23)40-25)35(28(38)33-24)21-10-9-17(14-31-21)39-20-8-4-3-7-18(20)29/h2-4,7-12,14,16H,1,5-6,13,15H2,(H,32,37)(H,33,38). The van der Waals surface area contributed by atoms with Crippen molar-refractivity contribution >= 4 is 56.6 Å². The second kappa shape index (κ2) is 10.4. The summed E-state index contributed by atoms with van der Waals surface area (Å²) in [7, 11) is 0. The van der Waals surface area contributed by atoms with Gasteiger partial charge in [-0.2, -0.15) is 0 Å².